The molecular weight excluding hydrogens is 1710 g/mol. The van der Waals surface area contributed by atoms with Crippen LogP contribution < -0.4 is 0 Å². The number of para-hydroxylation sites is 8. The van der Waals surface area contributed by atoms with E-state index in [0.29, 0.717) is 5.82 Å². The highest BCUT2D eigenvalue weighted by atomic mass is 15.1. The summed E-state index contributed by atoms with van der Waals surface area (Å²) in [5.41, 5.74) is 27.9. The Kier molecular flexibility index (Phi) is 20.2. The van der Waals surface area contributed by atoms with E-state index in [1.54, 1.807) is 24.8 Å². The third-order valence-corrected chi connectivity index (χ3v) is 27.1. The Morgan fingerprint density at radius 3 is 0.964 bits per heavy atom. The summed E-state index contributed by atoms with van der Waals surface area (Å²) in [6.07, 6.45) is 21.4. The Hall–Kier alpha value is -19.2. The molecule has 658 valence electrons. The molecule has 140 heavy (non-hydrogen) atoms. The summed E-state index contributed by atoms with van der Waals surface area (Å²) in [4.78, 5) is 27.5. The van der Waals surface area contributed by atoms with Gasteiger partial charge in [0, 0.05) is 183 Å². The molecule has 0 aliphatic heterocycles. The number of benzene rings is 16. The van der Waals surface area contributed by atoms with E-state index in [0.717, 1.165) is 84.4 Å². The first-order chi connectivity index (χ1) is 69.5. The first-order valence-electron chi connectivity index (χ1n) is 47.1. The van der Waals surface area contributed by atoms with Gasteiger partial charge in [-0.2, -0.15) is 0 Å². The van der Waals surface area contributed by atoms with Crippen LogP contribution in [-0.2, 0) is 0 Å². The highest BCUT2D eigenvalue weighted by molar-refractivity contribution is 6.18. The molecule has 0 bridgehead atoms. The molecule has 0 fully saturated rings. The van der Waals surface area contributed by atoms with E-state index in [4.69, 9.17) is 15.0 Å². The lowest BCUT2D eigenvalue weighted by Gasteiger charge is -2.13. The van der Waals surface area contributed by atoms with E-state index in [-0.39, 0.29) is 0 Å². The molecule has 0 amide bonds. The molecule has 14 heteroatoms. The zero-order valence-electron chi connectivity index (χ0n) is 75.8. The first-order valence-corrected chi connectivity index (χ1v) is 47.1. The smallest absolute Gasteiger partial charge is 0.163 e. The van der Waals surface area contributed by atoms with Crippen LogP contribution in [0, 0.1) is 0 Å². The summed E-state index contributed by atoms with van der Waals surface area (Å²) >= 11 is 0. The molecule has 0 N–H and O–H groups in total. The molecule has 0 unspecified atom stereocenters. The van der Waals surface area contributed by atoms with Crippen molar-refractivity contribution in [3.63, 3.8) is 0 Å². The predicted molar refractivity (Wildman–Crippen MR) is 576 cm³/mol. The Bertz CT molecular complexity index is 9450. The first kappa shape index (κ1) is 81.6. The van der Waals surface area contributed by atoms with Crippen LogP contribution in [0.1, 0.15) is 0 Å². The highest BCUT2D eigenvalue weighted by Gasteiger charge is 2.23. The van der Waals surface area contributed by atoms with Gasteiger partial charge in [0.25, 0.3) is 0 Å². The number of hydrogen-bond acceptors (Lipinski definition) is 6. The summed E-state index contributed by atoms with van der Waals surface area (Å²) in [5, 5.41) is 17.2. The number of hydrogen-bond donors (Lipinski definition) is 0. The van der Waals surface area contributed by atoms with Crippen molar-refractivity contribution in [2.24, 2.45) is 0 Å². The van der Waals surface area contributed by atoms with E-state index < -0.39 is 0 Å². The van der Waals surface area contributed by atoms with E-state index in [9.17, 15) is 0 Å². The van der Waals surface area contributed by atoms with Crippen LogP contribution in [0.15, 0.2) is 511 Å². The molecule has 0 spiro atoms. The molecule has 0 atom stereocenters. The van der Waals surface area contributed by atoms with E-state index in [2.05, 4.69) is 489 Å². The van der Waals surface area contributed by atoms with Crippen LogP contribution in [0.3, 0.4) is 0 Å². The molecule has 0 saturated heterocycles. The van der Waals surface area contributed by atoms with Crippen molar-refractivity contribution >= 4 is 142 Å². The van der Waals surface area contributed by atoms with Gasteiger partial charge in [-0.15, -0.1) is 0 Å². The third-order valence-electron chi connectivity index (χ3n) is 27.1. The number of rotatable bonds is 12. The minimum Gasteiger partial charge on any atom is -0.316 e. The van der Waals surface area contributed by atoms with E-state index in [1.807, 2.05) is 48.9 Å². The van der Waals surface area contributed by atoms with Crippen molar-refractivity contribution in [1.82, 2.24) is 66.4 Å². The predicted octanol–water partition coefficient (Wildman–Crippen LogP) is 31.1. The molecule has 16 aromatic carbocycles. The third kappa shape index (κ3) is 14.4. The van der Waals surface area contributed by atoms with Gasteiger partial charge >= 0.3 is 0 Å². The monoisotopic (exact) mass is 1790 g/mol. The van der Waals surface area contributed by atoms with Gasteiger partial charge in [0.1, 0.15) is 17.5 Å². The maximum atomic E-state index is 5.04. The molecule has 0 aliphatic rings. The van der Waals surface area contributed by atoms with Crippen molar-refractivity contribution in [1.29, 1.82) is 0 Å². The average Bonchev–Trinajstić information content (AvgIpc) is 1.59. The van der Waals surface area contributed by atoms with Gasteiger partial charge in [0.05, 0.1) is 66.2 Å². The zero-order chi connectivity index (χ0) is 92.5. The summed E-state index contributed by atoms with van der Waals surface area (Å²) in [5.74, 6) is 3.31. The number of aromatic nitrogens is 14. The second-order valence-corrected chi connectivity index (χ2v) is 35.2. The van der Waals surface area contributed by atoms with Crippen molar-refractivity contribution in [2.75, 3.05) is 0 Å². The fourth-order valence-electron chi connectivity index (χ4n) is 20.7. The Balaban J connectivity index is 0.0000000961. The van der Waals surface area contributed by atoms with Crippen LogP contribution in [0.2, 0.25) is 0 Å². The van der Waals surface area contributed by atoms with Crippen LogP contribution in [0.25, 0.3) is 232 Å². The second-order valence-electron chi connectivity index (χ2n) is 35.2. The van der Waals surface area contributed by atoms with Crippen LogP contribution in [0.5, 0.6) is 0 Å². The lowest BCUT2D eigenvalue weighted by Crippen LogP contribution is -1.99. The molecule has 13 heterocycles. The molecule has 29 aromatic rings. The zero-order valence-corrected chi connectivity index (χ0v) is 75.8. The Morgan fingerprint density at radius 2 is 0.521 bits per heavy atom. The summed E-state index contributed by atoms with van der Waals surface area (Å²) in [6.45, 7) is 0. The SMILES string of the molecule is c1ccc(-c2ccc(-n3ccc4cc5c6ccccc6n(-c6ccccc6)c5cc43)cc2)cc1.c1ccc(-c2cnc(-n3ccc4cc5c6ccccc6n(-c6ccccc6)c5cc43)c3ccccc23)cc1.c1ccc(-n2c3ccccc3c3cc4ccn(-c5cc(-c6cccnc6)ccn5)c4cc32)cc1.c1ccc(-n2c3ccccc3c3cc4ccn(-c5ccnc(-c6cccnc6)n5)c4cc32)cc1. The molecule has 14 nitrogen and oxygen atoms in total. The maximum Gasteiger partial charge on any atom is 0.163 e. The lowest BCUT2D eigenvalue weighted by atomic mass is 10.0. The summed E-state index contributed by atoms with van der Waals surface area (Å²) < 4.78 is 18.2. The van der Waals surface area contributed by atoms with E-state index in [1.165, 1.54) is 142 Å². The Labute approximate surface area is 804 Å². The molecule has 0 saturated carbocycles. The lowest BCUT2D eigenvalue weighted by molar-refractivity contribution is 1.02. The Morgan fingerprint density at radius 1 is 0.171 bits per heavy atom. The van der Waals surface area contributed by atoms with Crippen molar-refractivity contribution < 1.29 is 0 Å². The number of pyridine rings is 4. The largest absolute Gasteiger partial charge is 0.316 e. The van der Waals surface area contributed by atoms with Crippen LogP contribution >= 0.6 is 0 Å². The molecule has 0 aliphatic carbocycles. The van der Waals surface area contributed by atoms with Crippen LogP contribution in [0.4, 0.5) is 0 Å². The number of fused-ring (bicyclic) bond motifs is 17. The fraction of sp³-hybridized carbons (Fsp3) is 0. The van der Waals surface area contributed by atoms with E-state index >= 15 is 0 Å². The van der Waals surface area contributed by atoms with Crippen LogP contribution in [-0.4, -0.2) is 66.4 Å². The molecule has 13 aromatic heterocycles. The van der Waals surface area contributed by atoms with Gasteiger partial charge in [-0.1, -0.05) is 249 Å². The number of nitrogens with zero attached hydrogens (tertiary/aromatic N) is 14. The van der Waals surface area contributed by atoms with Crippen molar-refractivity contribution in [3.8, 4) is 90.7 Å². The summed E-state index contributed by atoms with van der Waals surface area (Å²) in [7, 11) is 0. The van der Waals surface area contributed by atoms with Crippen molar-refractivity contribution in [2.45, 2.75) is 0 Å². The topological polar surface area (TPSA) is 117 Å². The van der Waals surface area contributed by atoms with Gasteiger partial charge in [-0.05, 0) is 222 Å². The fourth-order valence-corrected chi connectivity index (χ4v) is 20.7. The minimum absolute atomic E-state index is 0.659. The highest BCUT2D eigenvalue weighted by Crippen LogP contribution is 2.44. The standard InChI is InChI=1S/C35H23N3.C32H22N2.C30H20N4.C29H19N5/c1-3-11-24(12-4-1)31-23-36-35(29-17-8-7-15-27(29)31)37-20-19-25-21-30-28-16-9-10-18-32(28)38(34(30)22-33(25)37)26-13-5-2-6-14-26;1-3-9-23(10-4-1)24-15-17-26(18-16-24)33-20-19-25-21-29-28-13-7-8-14-30(28)34(32(29)22-31(25)33)27-11-5-2-6-12-27;1-2-8-24(9-3-1)34-27-11-5-4-10-25(27)26-17-22-13-16-33(28(22)19-29(26)34)30-18-21(12-15-32-30)23-7-6-14-31-20-23;1-2-8-22(9-3-1)34-25-11-5-4-10-23(25)24-17-20-13-16-33(26(20)18-27(24)34)28-12-15-31-29(32-28)21-7-6-14-30-19-21/h1-23H;1-22H;1-20H;1-19H. The van der Waals surface area contributed by atoms with Gasteiger partial charge in [-0.3, -0.25) is 9.97 Å². The summed E-state index contributed by atoms with van der Waals surface area (Å²) in [6, 6.07) is 156. The second kappa shape index (κ2) is 34.7. The van der Waals surface area contributed by atoms with Gasteiger partial charge in [0.15, 0.2) is 5.82 Å². The quantitative estimate of drug-likeness (QED) is 0.120. The average molecular weight is 1790 g/mol. The molecule has 0 radical (unpaired) electrons. The normalized spacial score (nSPS) is 11.6. The maximum absolute atomic E-state index is 5.04. The molecular formula is C126H84N14. The van der Waals surface area contributed by atoms with Gasteiger partial charge in [0.2, 0.25) is 0 Å². The molecule has 29 rings (SSSR count). The van der Waals surface area contributed by atoms with Gasteiger partial charge in [-0.25, -0.2) is 19.9 Å². The van der Waals surface area contributed by atoms with Crippen molar-refractivity contribution in [3.05, 3.63) is 511 Å². The minimum atomic E-state index is 0.659. The van der Waals surface area contributed by atoms with Gasteiger partial charge < -0.3 is 36.5 Å².